The third-order valence-electron chi connectivity index (χ3n) is 3.32. The van der Waals surface area contributed by atoms with E-state index in [1.807, 2.05) is 32.0 Å². The molecule has 7 heteroatoms. The molecule has 0 saturated carbocycles. The van der Waals surface area contributed by atoms with Gasteiger partial charge in [-0.3, -0.25) is 4.79 Å². The van der Waals surface area contributed by atoms with Crippen LogP contribution in [0.2, 0.25) is 5.02 Å². The van der Waals surface area contributed by atoms with Crippen molar-refractivity contribution in [2.45, 2.75) is 19.9 Å². The Morgan fingerprint density at radius 3 is 2.74 bits per heavy atom. The molecule has 1 N–H and O–H groups in total. The molecule has 0 radical (unpaired) electrons. The minimum Gasteiger partial charge on any atom is -0.305 e. The van der Waals surface area contributed by atoms with Gasteiger partial charge in [0.1, 0.15) is 5.82 Å². The number of benzene rings is 1. The largest absolute Gasteiger partial charge is 0.305 e. The highest BCUT2D eigenvalue weighted by atomic mass is 35.5. The second-order valence-corrected chi connectivity index (χ2v) is 5.71. The number of carbonyl (C=O) groups excluding carboxylic acids is 1. The van der Waals surface area contributed by atoms with Crippen LogP contribution in [-0.4, -0.2) is 25.5 Å². The van der Waals surface area contributed by atoms with Crippen molar-refractivity contribution in [1.29, 1.82) is 0 Å². The van der Waals surface area contributed by atoms with Gasteiger partial charge in [0, 0.05) is 18.3 Å². The number of carbonyl (C=O) groups is 1. The summed E-state index contributed by atoms with van der Waals surface area (Å²) >= 11 is 6.15. The third kappa shape index (κ3) is 3.12. The summed E-state index contributed by atoms with van der Waals surface area (Å²) in [5, 5.41) is 11.9. The van der Waals surface area contributed by atoms with Crippen LogP contribution >= 0.6 is 11.6 Å². The highest BCUT2D eigenvalue weighted by molar-refractivity contribution is 6.32. The average Bonchev–Trinajstić information content (AvgIpc) is 3.16. The van der Waals surface area contributed by atoms with E-state index in [2.05, 4.69) is 15.5 Å². The van der Waals surface area contributed by atoms with Crippen LogP contribution in [0.15, 0.2) is 48.8 Å². The van der Waals surface area contributed by atoms with E-state index in [1.54, 1.807) is 40.0 Å². The second kappa shape index (κ2) is 6.26. The van der Waals surface area contributed by atoms with Crippen LogP contribution in [0.4, 0.5) is 5.82 Å². The molecule has 0 aliphatic rings. The van der Waals surface area contributed by atoms with Crippen molar-refractivity contribution in [1.82, 2.24) is 19.6 Å². The molecule has 23 heavy (non-hydrogen) atoms. The molecule has 0 atom stereocenters. The summed E-state index contributed by atoms with van der Waals surface area (Å²) in [5.41, 5.74) is 1.03. The number of amides is 1. The lowest BCUT2D eigenvalue weighted by atomic mass is 10.3. The SMILES string of the molecule is CC(C)n1nccc1NC(=O)c1ccn(-c2ccccc2Cl)n1. The fraction of sp³-hybridized carbons (Fsp3) is 0.188. The van der Waals surface area contributed by atoms with Gasteiger partial charge in [-0.25, -0.2) is 9.36 Å². The van der Waals surface area contributed by atoms with Crippen molar-refractivity contribution in [3.05, 3.63) is 59.5 Å². The molecule has 1 aromatic carbocycles. The fourth-order valence-corrected chi connectivity index (χ4v) is 2.44. The Labute approximate surface area is 138 Å². The molecule has 0 saturated heterocycles. The van der Waals surface area contributed by atoms with E-state index in [-0.39, 0.29) is 11.9 Å². The maximum atomic E-state index is 12.4. The third-order valence-corrected chi connectivity index (χ3v) is 3.64. The summed E-state index contributed by atoms with van der Waals surface area (Å²) in [6, 6.07) is 10.9. The number of rotatable bonds is 4. The number of nitrogens with zero attached hydrogens (tertiary/aromatic N) is 4. The van der Waals surface area contributed by atoms with E-state index in [0.29, 0.717) is 16.5 Å². The van der Waals surface area contributed by atoms with Gasteiger partial charge in [-0.2, -0.15) is 10.2 Å². The first-order valence-corrected chi connectivity index (χ1v) is 7.59. The second-order valence-electron chi connectivity index (χ2n) is 5.31. The quantitative estimate of drug-likeness (QED) is 0.796. The Morgan fingerprint density at radius 1 is 1.22 bits per heavy atom. The average molecular weight is 330 g/mol. The molecule has 0 spiro atoms. The van der Waals surface area contributed by atoms with E-state index in [9.17, 15) is 4.79 Å². The number of para-hydroxylation sites is 1. The van der Waals surface area contributed by atoms with Crippen LogP contribution in [0.3, 0.4) is 0 Å². The normalized spacial score (nSPS) is 11.0. The van der Waals surface area contributed by atoms with Crippen molar-refractivity contribution in [2.24, 2.45) is 0 Å². The van der Waals surface area contributed by atoms with Crippen LogP contribution in [0, 0.1) is 0 Å². The summed E-state index contributed by atoms with van der Waals surface area (Å²) < 4.78 is 3.32. The zero-order valence-corrected chi connectivity index (χ0v) is 13.5. The Morgan fingerprint density at radius 2 is 2.00 bits per heavy atom. The van der Waals surface area contributed by atoms with Crippen molar-refractivity contribution in [3.63, 3.8) is 0 Å². The molecule has 118 valence electrons. The summed E-state index contributed by atoms with van der Waals surface area (Å²) in [5.74, 6) is 0.343. The Hall–Kier alpha value is -2.60. The van der Waals surface area contributed by atoms with Gasteiger partial charge in [0.05, 0.1) is 16.9 Å². The maximum Gasteiger partial charge on any atom is 0.277 e. The number of hydrogen-bond donors (Lipinski definition) is 1. The number of halogens is 1. The minimum atomic E-state index is -0.293. The van der Waals surface area contributed by atoms with Crippen molar-refractivity contribution in [3.8, 4) is 5.69 Å². The van der Waals surface area contributed by atoms with E-state index in [1.165, 1.54) is 0 Å². The number of nitrogens with one attached hydrogen (secondary N) is 1. The van der Waals surface area contributed by atoms with E-state index in [4.69, 9.17) is 11.6 Å². The molecule has 1 amide bonds. The summed E-state index contributed by atoms with van der Waals surface area (Å²) in [6.07, 6.45) is 3.35. The standard InChI is InChI=1S/C16H16ClN5O/c1-11(2)22-15(7-9-18-22)19-16(23)13-8-10-21(20-13)14-6-4-3-5-12(14)17/h3-11H,1-2H3,(H,19,23). The highest BCUT2D eigenvalue weighted by Gasteiger charge is 2.14. The molecule has 2 aromatic heterocycles. The van der Waals surface area contributed by atoms with Crippen LogP contribution < -0.4 is 5.32 Å². The maximum absolute atomic E-state index is 12.4. The molecular weight excluding hydrogens is 314 g/mol. The Balaban J connectivity index is 1.82. The first-order valence-electron chi connectivity index (χ1n) is 7.21. The number of hydrogen-bond acceptors (Lipinski definition) is 3. The van der Waals surface area contributed by atoms with Crippen molar-refractivity contribution < 1.29 is 4.79 Å². The smallest absolute Gasteiger partial charge is 0.277 e. The predicted octanol–water partition coefficient (Wildman–Crippen LogP) is 3.56. The lowest BCUT2D eigenvalue weighted by Crippen LogP contribution is -2.17. The number of aromatic nitrogens is 4. The van der Waals surface area contributed by atoms with E-state index >= 15 is 0 Å². The fourth-order valence-electron chi connectivity index (χ4n) is 2.22. The molecule has 2 heterocycles. The van der Waals surface area contributed by atoms with Crippen molar-refractivity contribution >= 4 is 23.3 Å². The molecule has 3 aromatic rings. The van der Waals surface area contributed by atoms with Gasteiger partial charge in [-0.1, -0.05) is 23.7 Å². The summed E-state index contributed by atoms with van der Waals surface area (Å²) in [7, 11) is 0. The number of anilines is 1. The molecule has 0 fully saturated rings. The molecule has 0 aliphatic carbocycles. The molecule has 0 aliphatic heterocycles. The lowest BCUT2D eigenvalue weighted by molar-refractivity contribution is 0.102. The van der Waals surface area contributed by atoms with Crippen LogP contribution in [-0.2, 0) is 0 Å². The summed E-state index contributed by atoms with van der Waals surface area (Å²) in [6.45, 7) is 3.99. The van der Waals surface area contributed by atoms with Crippen molar-refractivity contribution in [2.75, 3.05) is 5.32 Å². The molecule has 0 unspecified atom stereocenters. The van der Waals surface area contributed by atoms with Gasteiger partial charge in [0.25, 0.3) is 5.91 Å². The molecular formula is C16H16ClN5O. The highest BCUT2D eigenvalue weighted by Crippen LogP contribution is 2.19. The zero-order chi connectivity index (χ0) is 16.4. The molecule has 6 nitrogen and oxygen atoms in total. The Bertz CT molecular complexity index is 836. The minimum absolute atomic E-state index is 0.154. The monoisotopic (exact) mass is 329 g/mol. The predicted molar refractivity (Wildman–Crippen MR) is 89.1 cm³/mol. The van der Waals surface area contributed by atoms with Gasteiger partial charge >= 0.3 is 0 Å². The first kappa shape index (κ1) is 15.3. The summed E-state index contributed by atoms with van der Waals surface area (Å²) in [4.78, 5) is 12.4. The lowest BCUT2D eigenvalue weighted by Gasteiger charge is -2.10. The van der Waals surface area contributed by atoms with Gasteiger partial charge in [0.15, 0.2) is 5.69 Å². The molecule has 0 bridgehead atoms. The van der Waals surface area contributed by atoms with Crippen LogP contribution in [0.25, 0.3) is 5.69 Å². The Kier molecular flexibility index (Phi) is 4.16. The van der Waals surface area contributed by atoms with Gasteiger partial charge in [-0.05, 0) is 32.0 Å². The first-order chi connectivity index (χ1) is 11.1. The van der Waals surface area contributed by atoms with Gasteiger partial charge in [-0.15, -0.1) is 0 Å². The zero-order valence-electron chi connectivity index (χ0n) is 12.8. The topological polar surface area (TPSA) is 64.7 Å². The van der Waals surface area contributed by atoms with Crippen LogP contribution in [0.1, 0.15) is 30.4 Å². The molecule has 3 rings (SSSR count). The van der Waals surface area contributed by atoms with Crippen LogP contribution in [0.5, 0.6) is 0 Å². The van der Waals surface area contributed by atoms with Gasteiger partial charge in [0.2, 0.25) is 0 Å². The van der Waals surface area contributed by atoms with E-state index in [0.717, 1.165) is 5.69 Å². The van der Waals surface area contributed by atoms with E-state index < -0.39 is 0 Å². The van der Waals surface area contributed by atoms with Gasteiger partial charge < -0.3 is 5.32 Å².